The molecule has 29 heavy (non-hydrogen) atoms. The van der Waals surface area contributed by atoms with E-state index in [1.165, 1.54) is 38.1 Å². The molecule has 0 aliphatic carbocycles. The van der Waals surface area contributed by atoms with Gasteiger partial charge in [-0.3, -0.25) is 4.79 Å². The first-order valence-corrected chi connectivity index (χ1v) is 10.3. The number of carbonyl (C=O) groups excluding carboxylic acids is 1. The second-order valence-electron chi connectivity index (χ2n) is 7.17. The Labute approximate surface area is 164 Å². The highest BCUT2D eigenvalue weighted by Crippen LogP contribution is 2.42. The molecule has 0 N–H and O–H groups in total. The molecule has 4 nitrogen and oxygen atoms in total. The highest BCUT2D eigenvalue weighted by atomic mass is 32.2. The van der Waals surface area contributed by atoms with E-state index in [2.05, 4.69) is 0 Å². The Morgan fingerprint density at radius 3 is 2.07 bits per heavy atom. The van der Waals surface area contributed by atoms with Crippen molar-refractivity contribution in [2.75, 3.05) is 6.26 Å². The minimum absolute atomic E-state index is 0.0251. The van der Waals surface area contributed by atoms with Gasteiger partial charge in [0.2, 0.25) is 5.78 Å². The molecule has 2 aromatic carbocycles. The highest BCUT2D eigenvalue weighted by Gasteiger charge is 2.43. The minimum atomic E-state index is -4.80. The third-order valence-electron chi connectivity index (χ3n) is 4.42. The Morgan fingerprint density at radius 1 is 0.966 bits per heavy atom. The van der Waals surface area contributed by atoms with Gasteiger partial charge in [-0.2, -0.15) is 13.2 Å². The molecule has 3 rings (SSSR count). The molecule has 2 aromatic rings. The van der Waals surface area contributed by atoms with Crippen molar-refractivity contribution in [1.82, 2.24) is 0 Å². The first-order valence-electron chi connectivity index (χ1n) is 8.37. The number of halogens is 4. The van der Waals surface area contributed by atoms with Crippen molar-refractivity contribution in [3.63, 3.8) is 0 Å². The van der Waals surface area contributed by atoms with Gasteiger partial charge in [-0.05, 0) is 61.9 Å². The van der Waals surface area contributed by atoms with Crippen LogP contribution in [0.3, 0.4) is 0 Å². The van der Waals surface area contributed by atoms with E-state index in [0.717, 1.165) is 12.3 Å². The molecule has 0 fully saturated rings. The molecule has 0 aromatic heterocycles. The fourth-order valence-electron chi connectivity index (χ4n) is 2.97. The van der Waals surface area contributed by atoms with E-state index < -0.39 is 38.8 Å². The number of sulfone groups is 1. The summed E-state index contributed by atoms with van der Waals surface area (Å²) in [6.07, 6.45) is -3.77. The summed E-state index contributed by atoms with van der Waals surface area (Å²) < 4.78 is 82.2. The second-order valence-corrected chi connectivity index (χ2v) is 9.18. The van der Waals surface area contributed by atoms with Crippen LogP contribution in [0, 0.1) is 5.82 Å². The highest BCUT2D eigenvalue weighted by molar-refractivity contribution is 7.90. The molecule has 154 valence electrons. The molecule has 1 aliphatic rings. The third kappa shape index (κ3) is 4.05. The van der Waals surface area contributed by atoms with Crippen LogP contribution in [-0.4, -0.2) is 26.1 Å². The largest absolute Gasteiger partial charge is 0.478 e. The Kier molecular flexibility index (Phi) is 4.85. The molecule has 0 saturated carbocycles. The maximum absolute atomic E-state index is 13.9. The van der Waals surface area contributed by atoms with E-state index in [1.807, 2.05) is 0 Å². The van der Waals surface area contributed by atoms with Crippen molar-refractivity contribution >= 4 is 27.0 Å². The Morgan fingerprint density at radius 2 is 1.55 bits per heavy atom. The van der Waals surface area contributed by atoms with Crippen LogP contribution < -0.4 is 0 Å². The Bertz CT molecular complexity index is 1130. The average molecular weight is 428 g/mol. The van der Waals surface area contributed by atoms with E-state index in [9.17, 15) is 30.8 Å². The normalized spacial score (nSPS) is 16.9. The lowest BCUT2D eigenvalue weighted by Crippen LogP contribution is -2.29. The van der Waals surface area contributed by atoms with Crippen LogP contribution in [0.5, 0.6) is 0 Å². The molecule has 0 radical (unpaired) electrons. The van der Waals surface area contributed by atoms with Gasteiger partial charge in [-0.15, -0.1) is 0 Å². The van der Waals surface area contributed by atoms with Crippen molar-refractivity contribution < 1.29 is 35.5 Å². The van der Waals surface area contributed by atoms with Gasteiger partial charge < -0.3 is 4.74 Å². The second kappa shape index (κ2) is 6.69. The molecular weight excluding hydrogens is 412 g/mol. The third-order valence-corrected chi connectivity index (χ3v) is 5.55. The molecule has 0 spiro atoms. The quantitative estimate of drug-likeness (QED) is 0.676. The van der Waals surface area contributed by atoms with E-state index in [0.29, 0.717) is 12.1 Å². The van der Waals surface area contributed by atoms with E-state index in [4.69, 9.17) is 4.74 Å². The number of alkyl halides is 3. The minimum Gasteiger partial charge on any atom is -0.478 e. The van der Waals surface area contributed by atoms with Crippen molar-refractivity contribution in [2.45, 2.75) is 30.5 Å². The van der Waals surface area contributed by atoms with Crippen LogP contribution in [0.2, 0.25) is 0 Å². The number of hydrogen-bond donors (Lipinski definition) is 0. The maximum Gasteiger partial charge on any atom is 0.416 e. The maximum atomic E-state index is 13.9. The van der Waals surface area contributed by atoms with Gasteiger partial charge >= 0.3 is 6.18 Å². The van der Waals surface area contributed by atoms with Crippen LogP contribution in [-0.2, 0) is 25.5 Å². The van der Waals surface area contributed by atoms with E-state index in [1.54, 1.807) is 0 Å². The first-order chi connectivity index (χ1) is 13.2. The fourth-order valence-corrected chi connectivity index (χ4v) is 3.60. The number of rotatable bonds is 3. The molecule has 0 saturated heterocycles. The van der Waals surface area contributed by atoms with Crippen molar-refractivity contribution in [1.29, 1.82) is 0 Å². The summed E-state index contributed by atoms with van der Waals surface area (Å²) in [7, 11) is -3.47. The summed E-state index contributed by atoms with van der Waals surface area (Å²) in [5.74, 6) is -1.80. The van der Waals surface area contributed by atoms with Crippen molar-refractivity contribution in [3.05, 3.63) is 65.0 Å². The lowest BCUT2D eigenvalue weighted by molar-refractivity contribution is -0.137. The van der Waals surface area contributed by atoms with Gasteiger partial charge in [-0.25, -0.2) is 12.8 Å². The molecule has 0 unspecified atom stereocenters. The van der Waals surface area contributed by atoms with Crippen molar-refractivity contribution in [2.24, 2.45) is 0 Å². The van der Waals surface area contributed by atoms with Crippen LogP contribution in [0.25, 0.3) is 11.3 Å². The van der Waals surface area contributed by atoms with E-state index in [-0.39, 0.29) is 27.4 Å². The van der Waals surface area contributed by atoms with Gasteiger partial charge in [0.05, 0.1) is 16.0 Å². The van der Waals surface area contributed by atoms with Gasteiger partial charge in [0.1, 0.15) is 11.6 Å². The SMILES string of the molecule is CC1(C)OC(c2ccc(S(C)(=O)=O)cc2)=C(c2cc(F)cc(C(F)(F)F)c2)C1=O. The lowest BCUT2D eigenvalue weighted by atomic mass is 9.91. The lowest BCUT2D eigenvalue weighted by Gasteiger charge is -2.18. The summed E-state index contributed by atoms with van der Waals surface area (Å²) in [4.78, 5) is 12.9. The van der Waals surface area contributed by atoms with Crippen LogP contribution in [0.1, 0.15) is 30.5 Å². The number of hydrogen-bond acceptors (Lipinski definition) is 4. The topological polar surface area (TPSA) is 60.4 Å². The fraction of sp³-hybridized carbons (Fsp3) is 0.250. The number of Topliss-reactive ketones (excluding diaryl/α,β-unsaturated/α-hetero) is 1. The van der Waals surface area contributed by atoms with E-state index >= 15 is 0 Å². The Balaban J connectivity index is 2.22. The monoisotopic (exact) mass is 428 g/mol. The summed E-state index contributed by atoms with van der Waals surface area (Å²) in [6, 6.07) is 7.21. The van der Waals surface area contributed by atoms with Crippen LogP contribution >= 0.6 is 0 Å². The standard InChI is InChI=1S/C20H16F4O4S/c1-19(2)18(25)16(12-8-13(20(22,23)24)10-14(21)9-12)17(28-19)11-4-6-15(7-5-11)29(3,26)27/h4-10H,1-3H3. The number of benzene rings is 2. The number of ketones is 1. The number of carbonyl (C=O) groups is 1. The van der Waals surface area contributed by atoms with Crippen LogP contribution in [0.4, 0.5) is 17.6 Å². The first kappa shape index (κ1) is 21.0. The zero-order valence-electron chi connectivity index (χ0n) is 15.6. The molecule has 9 heteroatoms. The predicted molar refractivity (Wildman–Crippen MR) is 97.9 cm³/mol. The summed E-state index contributed by atoms with van der Waals surface area (Å²) in [6.45, 7) is 2.88. The summed E-state index contributed by atoms with van der Waals surface area (Å²) in [5.41, 5.74) is -2.80. The molecule has 1 aliphatic heterocycles. The molecule has 0 amide bonds. The molecule has 1 heterocycles. The average Bonchev–Trinajstić information content (AvgIpc) is 2.83. The van der Waals surface area contributed by atoms with Crippen LogP contribution in [0.15, 0.2) is 47.4 Å². The summed E-state index contributed by atoms with van der Waals surface area (Å²) >= 11 is 0. The molecular formula is C20H16F4O4S. The van der Waals surface area contributed by atoms with Gasteiger partial charge in [-0.1, -0.05) is 0 Å². The number of ether oxygens (including phenoxy) is 1. The van der Waals surface area contributed by atoms with Gasteiger partial charge in [0.15, 0.2) is 15.4 Å². The van der Waals surface area contributed by atoms with Gasteiger partial charge in [0.25, 0.3) is 0 Å². The zero-order valence-corrected chi connectivity index (χ0v) is 16.4. The molecule has 0 bridgehead atoms. The molecule has 0 atom stereocenters. The van der Waals surface area contributed by atoms with Crippen molar-refractivity contribution in [3.8, 4) is 0 Å². The Hall–Kier alpha value is -2.68. The predicted octanol–water partition coefficient (Wildman–Crippen LogP) is 4.49. The zero-order chi connectivity index (χ0) is 21.8. The van der Waals surface area contributed by atoms with Gasteiger partial charge in [0, 0.05) is 11.8 Å². The summed E-state index contributed by atoms with van der Waals surface area (Å²) in [5, 5.41) is 0. The smallest absolute Gasteiger partial charge is 0.416 e.